The molecule has 0 bridgehead atoms. The Hall–Kier alpha value is -0.509. The van der Waals surface area contributed by atoms with Gasteiger partial charge in [-0.25, -0.2) is 0 Å². The summed E-state index contributed by atoms with van der Waals surface area (Å²) >= 11 is 0. The molecule has 0 saturated heterocycles. The number of hydrogen-bond donors (Lipinski definition) is 0. The van der Waals surface area contributed by atoms with Crippen LogP contribution in [0.4, 0.5) is 0 Å². The Bertz CT molecular complexity index is 603. The van der Waals surface area contributed by atoms with Gasteiger partial charge in [0.05, 0.1) is 21.7 Å². The maximum Gasteiger partial charge on any atom is 0.512 e. The van der Waals surface area contributed by atoms with Crippen LogP contribution in [0.1, 0.15) is 27.7 Å². The third kappa shape index (κ3) is 5.34. The van der Waals surface area contributed by atoms with Gasteiger partial charge in [0, 0.05) is 19.8 Å². The Labute approximate surface area is 176 Å². The van der Waals surface area contributed by atoms with Crippen LogP contribution in [0.3, 0.4) is 0 Å². The van der Waals surface area contributed by atoms with Crippen molar-refractivity contribution in [3.05, 3.63) is 47.4 Å². The van der Waals surface area contributed by atoms with Gasteiger partial charge in [-0.1, -0.05) is 60.4 Å². The molecule has 6 heteroatoms. The first kappa shape index (κ1) is 25.5. The fourth-order valence-electron chi connectivity index (χ4n) is 4.50. The molecule has 0 N–H and O–H groups in total. The van der Waals surface area contributed by atoms with Gasteiger partial charge in [-0.05, 0) is 39.8 Å². The van der Waals surface area contributed by atoms with Crippen molar-refractivity contribution in [1.29, 1.82) is 0 Å². The van der Waals surface area contributed by atoms with Crippen molar-refractivity contribution in [1.82, 2.24) is 0 Å². The maximum absolute atomic E-state index is 6.31. The molecule has 0 amide bonds. The van der Waals surface area contributed by atoms with E-state index in [1.807, 2.05) is 20.8 Å². The molecule has 0 spiro atoms. The molecule has 3 nitrogen and oxygen atoms in total. The van der Waals surface area contributed by atoms with Crippen LogP contribution in [-0.4, -0.2) is 44.8 Å². The van der Waals surface area contributed by atoms with Gasteiger partial charge >= 0.3 is 8.80 Å². The van der Waals surface area contributed by atoms with Crippen LogP contribution in [0.2, 0.25) is 43.8 Å². The van der Waals surface area contributed by atoms with Crippen LogP contribution in [0.25, 0.3) is 0 Å². The lowest BCUT2D eigenvalue weighted by Crippen LogP contribution is -2.50. The zero-order chi connectivity index (χ0) is 21.6. The van der Waals surface area contributed by atoms with Crippen molar-refractivity contribution in [3.63, 3.8) is 0 Å². The molecule has 0 heterocycles. The summed E-state index contributed by atoms with van der Waals surface area (Å²) in [6.07, 6.45) is 6.66. The van der Waals surface area contributed by atoms with Crippen molar-refractivity contribution < 1.29 is 13.3 Å². The van der Waals surface area contributed by atoms with Crippen LogP contribution >= 0.6 is 0 Å². The van der Waals surface area contributed by atoms with Crippen LogP contribution in [-0.2, 0) is 13.3 Å². The Morgan fingerprint density at radius 2 is 1.29 bits per heavy atom. The highest BCUT2D eigenvalue weighted by molar-refractivity contribution is 6.94. The zero-order valence-corrected chi connectivity index (χ0v) is 22.5. The fourth-order valence-corrected chi connectivity index (χ4v) is 15.3. The minimum Gasteiger partial charge on any atom is -0.373 e. The summed E-state index contributed by atoms with van der Waals surface area (Å²) < 4.78 is 18.9. The third-order valence-electron chi connectivity index (χ3n) is 5.60. The van der Waals surface area contributed by atoms with Gasteiger partial charge in [0.2, 0.25) is 0 Å². The minimum absolute atomic E-state index is 0.116. The summed E-state index contributed by atoms with van der Waals surface area (Å²) in [5, 5.41) is 3.18. The van der Waals surface area contributed by atoms with E-state index in [2.05, 4.69) is 64.5 Å². The molecular weight excluding hydrogens is 396 g/mol. The van der Waals surface area contributed by atoms with E-state index in [9.17, 15) is 0 Å². The van der Waals surface area contributed by atoms with E-state index in [0.717, 1.165) is 12.1 Å². The summed E-state index contributed by atoms with van der Waals surface area (Å²) in [7, 11) is -6.19. The number of rotatable bonds is 13. The Balaban J connectivity index is 3.69. The van der Waals surface area contributed by atoms with Gasteiger partial charge in [-0.2, -0.15) is 0 Å². The van der Waals surface area contributed by atoms with E-state index >= 15 is 0 Å². The normalized spacial score (nSPS) is 18.4. The minimum atomic E-state index is -2.85. The van der Waals surface area contributed by atoms with E-state index in [-0.39, 0.29) is 5.54 Å². The first-order chi connectivity index (χ1) is 13.1. The lowest BCUT2D eigenvalue weighted by molar-refractivity contribution is 0.0683. The van der Waals surface area contributed by atoms with Gasteiger partial charge in [-0.15, -0.1) is 13.2 Å². The quantitative estimate of drug-likeness (QED) is 0.242. The molecule has 1 unspecified atom stereocenters. The first-order valence-electron chi connectivity index (χ1n) is 10.6. The lowest BCUT2D eigenvalue weighted by atomic mass is 10.3. The summed E-state index contributed by atoms with van der Waals surface area (Å²) in [4.78, 5) is 0. The first-order valence-corrected chi connectivity index (χ1v) is 18.9. The standard InChI is InChI=1S/C22H42O3Si3/c1-11-16-26(7,8)21-18-20(19(6)22(21)27(9,10)17-12-2)28(23-13-3,24-14-4)25-15-5/h11-12,18,20H,1-2,13-17H2,3-10H3. The SMILES string of the molecule is C=CC[Si](C)(C)C1=CC([Si](OCC)(OCC)OCC)C(C)=C1[Si](C)(C)CC=C. The monoisotopic (exact) mass is 438 g/mol. The Morgan fingerprint density at radius 3 is 1.68 bits per heavy atom. The summed E-state index contributed by atoms with van der Waals surface area (Å²) in [6.45, 7) is 28.1. The molecule has 0 aromatic heterocycles. The molecule has 0 saturated carbocycles. The van der Waals surface area contributed by atoms with Gasteiger partial charge in [0.25, 0.3) is 0 Å². The summed E-state index contributed by atoms with van der Waals surface area (Å²) in [6, 6.07) is 2.15. The largest absolute Gasteiger partial charge is 0.512 e. The molecule has 160 valence electrons. The maximum atomic E-state index is 6.31. The molecule has 0 aliphatic heterocycles. The fraction of sp³-hybridized carbons (Fsp3) is 0.636. The van der Waals surface area contributed by atoms with Crippen molar-refractivity contribution >= 4 is 25.0 Å². The van der Waals surface area contributed by atoms with Crippen LogP contribution in [0.5, 0.6) is 0 Å². The molecule has 1 rings (SSSR count). The molecule has 28 heavy (non-hydrogen) atoms. The predicted molar refractivity (Wildman–Crippen MR) is 130 cm³/mol. The average molecular weight is 439 g/mol. The van der Waals surface area contributed by atoms with Crippen molar-refractivity contribution in [2.45, 2.75) is 71.5 Å². The number of allylic oxidation sites excluding steroid dienone is 6. The molecule has 0 fully saturated rings. The van der Waals surface area contributed by atoms with E-state index in [0.29, 0.717) is 19.8 Å². The highest BCUT2D eigenvalue weighted by atomic mass is 28.4. The molecule has 0 aromatic rings. The van der Waals surface area contributed by atoms with Crippen molar-refractivity contribution in [2.75, 3.05) is 19.8 Å². The third-order valence-corrected chi connectivity index (χ3v) is 15.8. The van der Waals surface area contributed by atoms with E-state index in [1.165, 1.54) is 5.57 Å². The predicted octanol–water partition coefficient (Wildman–Crippen LogP) is 6.53. The second kappa shape index (κ2) is 10.5. The molecular formula is C22H42O3Si3. The second-order valence-corrected chi connectivity index (χ2v) is 20.9. The molecule has 0 aromatic carbocycles. The molecule has 0 radical (unpaired) electrons. The topological polar surface area (TPSA) is 27.7 Å². The van der Waals surface area contributed by atoms with Crippen LogP contribution < -0.4 is 0 Å². The molecule has 1 aliphatic carbocycles. The average Bonchev–Trinajstić information content (AvgIpc) is 2.95. The molecule has 1 atom stereocenters. The second-order valence-electron chi connectivity index (χ2n) is 8.77. The summed E-state index contributed by atoms with van der Waals surface area (Å²) in [5.41, 5.74) is 1.53. The van der Waals surface area contributed by atoms with Crippen LogP contribution in [0, 0.1) is 0 Å². The zero-order valence-electron chi connectivity index (χ0n) is 19.5. The van der Waals surface area contributed by atoms with Crippen molar-refractivity contribution in [3.8, 4) is 0 Å². The van der Waals surface area contributed by atoms with Crippen molar-refractivity contribution in [2.24, 2.45) is 0 Å². The van der Waals surface area contributed by atoms with Gasteiger partial charge in [-0.3, -0.25) is 0 Å². The Morgan fingerprint density at radius 1 is 0.857 bits per heavy atom. The van der Waals surface area contributed by atoms with Gasteiger partial charge in [0.15, 0.2) is 0 Å². The van der Waals surface area contributed by atoms with Crippen LogP contribution in [0.15, 0.2) is 47.4 Å². The number of hydrogen-bond acceptors (Lipinski definition) is 3. The Kier molecular flexibility index (Phi) is 9.57. The van der Waals surface area contributed by atoms with Gasteiger partial charge in [0.1, 0.15) is 0 Å². The van der Waals surface area contributed by atoms with Gasteiger partial charge < -0.3 is 13.3 Å². The highest BCUT2D eigenvalue weighted by Gasteiger charge is 2.54. The van der Waals surface area contributed by atoms with E-state index in [4.69, 9.17) is 13.3 Å². The van der Waals surface area contributed by atoms with E-state index in [1.54, 1.807) is 10.4 Å². The van der Waals surface area contributed by atoms with E-state index < -0.39 is 25.0 Å². The smallest absolute Gasteiger partial charge is 0.373 e. The lowest BCUT2D eigenvalue weighted by Gasteiger charge is -2.35. The molecule has 1 aliphatic rings. The highest BCUT2D eigenvalue weighted by Crippen LogP contribution is 2.49. The summed E-state index contributed by atoms with van der Waals surface area (Å²) in [5.74, 6) is 0.